The van der Waals surface area contributed by atoms with E-state index in [1.54, 1.807) is 12.1 Å². The van der Waals surface area contributed by atoms with Crippen molar-refractivity contribution in [3.05, 3.63) is 64.0 Å². The number of fused-ring (bicyclic) bond motifs is 2. The Hall–Kier alpha value is -2.40. The van der Waals surface area contributed by atoms with Crippen LogP contribution < -0.4 is 0 Å². The molecule has 0 spiro atoms. The molecule has 0 amide bonds. The van der Waals surface area contributed by atoms with Gasteiger partial charge in [0, 0.05) is 12.1 Å². The number of halogens is 1. The molecule has 25 heavy (non-hydrogen) atoms. The number of benzene rings is 2. The molecule has 1 atom stereocenters. The van der Waals surface area contributed by atoms with E-state index < -0.39 is 5.97 Å². The Morgan fingerprint density at radius 2 is 1.96 bits per heavy atom. The van der Waals surface area contributed by atoms with Crippen molar-refractivity contribution in [2.24, 2.45) is 0 Å². The van der Waals surface area contributed by atoms with Crippen LogP contribution in [-0.2, 0) is 24.2 Å². The van der Waals surface area contributed by atoms with Gasteiger partial charge in [-0.05, 0) is 73.3 Å². The Labute approximate surface area is 146 Å². The largest absolute Gasteiger partial charge is 0.508 e. The maximum Gasteiger partial charge on any atom is 0.303 e. The summed E-state index contributed by atoms with van der Waals surface area (Å²) in [5.41, 5.74) is 4.45. The van der Waals surface area contributed by atoms with Crippen LogP contribution in [0.15, 0.2) is 30.3 Å². The maximum atomic E-state index is 13.7. The molecule has 0 heterocycles. The van der Waals surface area contributed by atoms with Gasteiger partial charge >= 0.3 is 5.97 Å². The van der Waals surface area contributed by atoms with Gasteiger partial charge < -0.3 is 15.1 Å². The second kappa shape index (κ2) is 6.84. The number of rotatable bonds is 4. The van der Waals surface area contributed by atoms with Gasteiger partial charge in [-0.1, -0.05) is 12.1 Å². The van der Waals surface area contributed by atoms with E-state index >= 15 is 0 Å². The van der Waals surface area contributed by atoms with E-state index in [0.29, 0.717) is 19.4 Å². The van der Waals surface area contributed by atoms with Crippen LogP contribution in [-0.4, -0.2) is 35.2 Å². The van der Waals surface area contributed by atoms with Gasteiger partial charge in [0.15, 0.2) is 0 Å². The molecule has 132 valence electrons. The summed E-state index contributed by atoms with van der Waals surface area (Å²) in [6, 6.07) is 8.27. The molecular formula is C20H22FNO3. The molecule has 0 radical (unpaired) electrons. The molecule has 0 bridgehead atoms. The number of hydrogen-bond acceptors (Lipinski definition) is 3. The summed E-state index contributed by atoms with van der Waals surface area (Å²) in [4.78, 5) is 13.3. The first-order valence-corrected chi connectivity index (χ1v) is 8.32. The fraction of sp³-hybridized carbons (Fsp3) is 0.350. The average Bonchev–Trinajstić information content (AvgIpc) is 2.63. The molecule has 2 aromatic rings. The van der Waals surface area contributed by atoms with E-state index in [1.807, 2.05) is 25.1 Å². The number of aromatic hydroxyl groups is 1. The molecular weight excluding hydrogens is 321 g/mol. The fourth-order valence-corrected chi connectivity index (χ4v) is 3.65. The first-order chi connectivity index (χ1) is 11.8. The summed E-state index contributed by atoms with van der Waals surface area (Å²) >= 11 is 0. The lowest BCUT2D eigenvalue weighted by molar-refractivity contribution is -0.137. The molecule has 0 aliphatic heterocycles. The van der Waals surface area contributed by atoms with Crippen LogP contribution in [0.1, 0.15) is 40.2 Å². The first kappa shape index (κ1) is 17.4. The van der Waals surface area contributed by atoms with Crippen molar-refractivity contribution in [3.8, 4) is 5.75 Å². The smallest absolute Gasteiger partial charge is 0.303 e. The summed E-state index contributed by atoms with van der Waals surface area (Å²) in [6.07, 6.45) is 1.07. The minimum Gasteiger partial charge on any atom is -0.508 e. The second-order valence-corrected chi connectivity index (χ2v) is 7.01. The molecule has 3 rings (SSSR count). The predicted molar refractivity (Wildman–Crippen MR) is 93.4 cm³/mol. The van der Waals surface area contributed by atoms with Gasteiger partial charge in [0.2, 0.25) is 0 Å². The zero-order valence-corrected chi connectivity index (χ0v) is 14.4. The van der Waals surface area contributed by atoms with Crippen LogP contribution in [0.4, 0.5) is 4.39 Å². The zero-order chi connectivity index (χ0) is 18.1. The third kappa shape index (κ3) is 3.82. The summed E-state index contributed by atoms with van der Waals surface area (Å²) < 4.78 is 13.7. The van der Waals surface area contributed by atoms with Gasteiger partial charge in [-0.25, -0.2) is 4.39 Å². The van der Waals surface area contributed by atoms with E-state index in [-0.39, 0.29) is 23.9 Å². The lowest BCUT2D eigenvalue weighted by Crippen LogP contribution is -2.12. The molecule has 2 N–H and O–H groups in total. The zero-order valence-electron chi connectivity index (χ0n) is 14.4. The number of carboxylic acid groups (broad SMARTS) is 1. The SMILES string of the molecule is CN(C)Cc1cc2c(cc1O)Cc1cc(F)ccc1C(CC(=O)O)C2. The van der Waals surface area contributed by atoms with Crippen LogP contribution in [0.5, 0.6) is 5.75 Å². The Bertz CT molecular complexity index is 817. The maximum absolute atomic E-state index is 13.7. The molecule has 0 saturated heterocycles. The molecule has 5 heteroatoms. The van der Waals surface area contributed by atoms with Crippen molar-refractivity contribution in [1.82, 2.24) is 4.90 Å². The summed E-state index contributed by atoms with van der Waals surface area (Å²) in [6.45, 7) is 0.601. The van der Waals surface area contributed by atoms with Crippen molar-refractivity contribution in [2.75, 3.05) is 14.1 Å². The highest BCUT2D eigenvalue weighted by molar-refractivity contribution is 5.68. The van der Waals surface area contributed by atoms with Gasteiger partial charge in [-0.15, -0.1) is 0 Å². The van der Waals surface area contributed by atoms with Crippen molar-refractivity contribution in [2.45, 2.75) is 31.7 Å². The Balaban J connectivity index is 2.08. The van der Waals surface area contributed by atoms with Crippen LogP contribution >= 0.6 is 0 Å². The van der Waals surface area contributed by atoms with E-state index in [4.69, 9.17) is 0 Å². The Morgan fingerprint density at radius 1 is 1.20 bits per heavy atom. The molecule has 1 aliphatic rings. The lowest BCUT2D eigenvalue weighted by Gasteiger charge is -2.17. The van der Waals surface area contributed by atoms with Crippen molar-refractivity contribution < 1.29 is 19.4 Å². The van der Waals surface area contributed by atoms with Gasteiger partial charge in [0.05, 0.1) is 6.42 Å². The third-order valence-electron chi connectivity index (χ3n) is 4.70. The number of carbonyl (C=O) groups is 1. The second-order valence-electron chi connectivity index (χ2n) is 7.01. The summed E-state index contributed by atoms with van der Waals surface area (Å²) in [7, 11) is 3.86. The van der Waals surface area contributed by atoms with Crippen LogP contribution in [0.2, 0.25) is 0 Å². The number of nitrogens with zero attached hydrogens (tertiary/aromatic N) is 1. The fourth-order valence-electron chi connectivity index (χ4n) is 3.65. The van der Waals surface area contributed by atoms with Gasteiger partial charge in [-0.3, -0.25) is 4.79 Å². The number of aliphatic carboxylic acids is 1. The predicted octanol–water partition coefficient (Wildman–Crippen LogP) is 3.30. The quantitative estimate of drug-likeness (QED) is 0.894. The summed E-state index contributed by atoms with van der Waals surface area (Å²) in [5.74, 6) is -1.17. The van der Waals surface area contributed by atoms with Crippen molar-refractivity contribution in [1.29, 1.82) is 0 Å². The number of phenols is 1. The van der Waals surface area contributed by atoms with Crippen LogP contribution in [0, 0.1) is 5.82 Å². The number of hydrogen-bond donors (Lipinski definition) is 2. The molecule has 2 aromatic carbocycles. The molecule has 0 saturated carbocycles. The molecule has 4 nitrogen and oxygen atoms in total. The standard InChI is InChI=1S/C20H22FNO3/c1-22(2)11-16-7-12-5-15(10-20(24)25)18-4-3-17(21)8-14(18)6-13(12)9-19(16)23/h3-4,7-9,15,23H,5-6,10-11H2,1-2H3,(H,24,25). The monoisotopic (exact) mass is 343 g/mol. The number of phenolic OH excluding ortho intramolecular Hbond substituents is 1. The minimum absolute atomic E-state index is 0.00195. The molecule has 0 fully saturated rings. The van der Waals surface area contributed by atoms with Crippen LogP contribution in [0.25, 0.3) is 0 Å². The van der Waals surface area contributed by atoms with E-state index in [2.05, 4.69) is 0 Å². The molecule has 1 aliphatic carbocycles. The van der Waals surface area contributed by atoms with E-state index in [0.717, 1.165) is 27.8 Å². The van der Waals surface area contributed by atoms with Crippen LogP contribution in [0.3, 0.4) is 0 Å². The van der Waals surface area contributed by atoms with Crippen molar-refractivity contribution in [3.63, 3.8) is 0 Å². The van der Waals surface area contributed by atoms with E-state index in [1.165, 1.54) is 12.1 Å². The molecule has 0 aromatic heterocycles. The highest BCUT2D eigenvalue weighted by Gasteiger charge is 2.25. The van der Waals surface area contributed by atoms with E-state index in [9.17, 15) is 19.4 Å². The van der Waals surface area contributed by atoms with Gasteiger partial charge in [-0.2, -0.15) is 0 Å². The highest BCUT2D eigenvalue weighted by Crippen LogP contribution is 2.37. The average molecular weight is 343 g/mol. The van der Waals surface area contributed by atoms with Gasteiger partial charge in [0.1, 0.15) is 11.6 Å². The first-order valence-electron chi connectivity index (χ1n) is 8.32. The van der Waals surface area contributed by atoms with Gasteiger partial charge in [0.25, 0.3) is 0 Å². The normalized spacial score (nSPS) is 16.2. The highest BCUT2D eigenvalue weighted by atomic mass is 19.1. The lowest BCUT2D eigenvalue weighted by atomic mass is 9.88. The summed E-state index contributed by atoms with van der Waals surface area (Å²) in [5, 5.41) is 19.6. The molecule has 1 unspecified atom stereocenters. The minimum atomic E-state index is -0.865. The Morgan fingerprint density at radius 3 is 2.64 bits per heavy atom. The topological polar surface area (TPSA) is 60.8 Å². The Kier molecular flexibility index (Phi) is 4.77. The number of carboxylic acids is 1. The van der Waals surface area contributed by atoms with Crippen molar-refractivity contribution >= 4 is 5.97 Å². The third-order valence-corrected chi connectivity index (χ3v) is 4.70.